The van der Waals surface area contributed by atoms with Crippen molar-refractivity contribution < 1.29 is 8.85 Å². The van der Waals surface area contributed by atoms with Gasteiger partial charge in [-0.05, 0) is 25.9 Å². The molecule has 0 N–H and O–H groups in total. The van der Waals surface area contributed by atoms with Gasteiger partial charge >= 0.3 is 8.56 Å². The van der Waals surface area contributed by atoms with E-state index in [1.807, 2.05) is 0 Å². The van der Waals surface area contributed by atoms with E-state index in [9.17, 15) is 0 Å². The van der Waals surface area contributed by atoms with Crippen molar-refractivity contribution in [1.29, 1.82) is 0 Å². The first-order valence-corrected chi connectivity index (χ1v) is 17.8. The van der Waals surface area contributed by atoms with E-state index in [0.717, 1.165) is 13.2 Å². The van der Waals surface area contributed by atoms with Crippen LogP contribution in [0.5, 0.6) is 0 Å². The lowest BCUT2D eigenvalue weighted by Gasteiger charge is -2.30. The summed E-state index contributed by atoms with van der Waals surface area (Å²) in [7, 11) is -1.98. The summed E-state index contributed by atoms with van der Waals surface area (Å²) < 4.78 is 12.7. The number of rotatable bonds is 28. The molecule has 0 fully saturated rings. The van der Waals surface area contributed by atoms with Crippen LogP contribution in [0.4, 0.5) is 0 Å². The normalized spacial score (nSPS) is 12.0. The van der Waals surface area contributed by atoms with Crippen LogP contribution in [0.1, 0.15) is 169 Å². The third-order valence-electron chi connectivity index (χ3n) is 7.14. The SMILES string of the molecule is CCCCCCCCCCCCCCCC[Si](CCCCCCCCCC)(OCC)OCC. The predicted molar refractivity (Wildman–Crippen MR) is 152 cm³/mol. The van der Waals surface area contributed by atoms with E-state index in [1.165, 1.54) is 153 Å². The van der Waals surface area contributed by atoms with Gasteiger partial charge in [0.2, 0.25) is 0 Å². The van der Waals surface area contributed by atoms with Crippen LogP contribution in [0.2, 0.25) is 12.1 Å². The molecular formula is C30H64O2Si. The van der Waals surface area contributed by atoms with Crippen molar-refractivity contribution in [2.24, 2.45) is 0 Å². The molecule has 0 rings (SSSR count). The standard InChI is InChI=1S/C30H64O2Si/c1-5-9-11-13-15-17-18-19-20-21-22-24-26-28-30-33(31-7-3,32-8-4)29-27-25-23-16-14-12-10-6-2/h5-30H2,1-4H3. The number of unbranched alkanes of at least 4 members (excludes halogenated alkanes) is 20. The molecule has 0 heterocycles. The van der Waals surface area contributed by atoms with Gasteiger partial charge in [0.1, 0.15) is 0 Å². The fourth-order valence-electron chi connectivity index (χ4n) is 5.10. The molecule has 0 saturated heterocycles. The zero-order valence-electron chi connectivity index (χ0n) is 23.7. The van der Waals surface area contributed by atoms with E-state index < -0.39 is 8.56 Å². The van der Waals surface area contributed by atoms with Gasteiger partial charge in [-0.3, -0.25) is 0 Å². The second-order valence-corrected chi connectivity index (χ2v) is 13.7. The second-order valence-electron chi connectivity index (χ2n) is 10.3. The lowest BCUT2D eigenvalue weighted by Crippen LogP contribution is -2.42. The van der Waals surface area contributed by atoms with Crippen LogP contribution in [0.3, 0.4) is 0 Å². The zero-order valence-corrected chi connectivity index (χ0v) is 24.7. The molecule has 0 unspecified atom stereocenters. The van der Waals surface area contributed by atoms with Gasteiger partial charge in [0, 0.05) is 13.2 Å². The van der Waals surface area contributed by atoms with Gasteiger partial charge < -0.3 is 8.85 Å². The molecule has 0 radical (unpaired) electrons. The molecular weight excluding hydrogens is 420 g/mol. The van der Waals surface area contributed by atoms with Gasteiger partial charge in [-0.1, -0.05) is 155 Å². The molecule has 0 aromatic carbocycles. The van der Waals surface area contributed by atoms with Crippen molar-refractivity contribution in [3.8, 4) is 0 Å². The Labute approximate surface area is 211 Å². The van der Waals surface area contributed by atoms with Crippen LogP contribution in [0.25, 0.3) is 0 Å². The van der Waals surface area contributed by atoms with E-state index in [4.69, 9.17) is 8.85 Å². The highest BCUT2D eigenvalue weighted by Crippen LogP contribution is 2.26. The third kappa shape index (κ3) is 22.4. The summed E-state index contributed by atoms with van der Waals surface area (Å²) in [5.74, 6) is 0. The molecule has 3 heteroatoms. The molecule has 0 aliphatic heterocycles. The van der Waals surface area contributed by atoms with Gasteiger partial charge in [0.25, 0.3) is 0 Å². The summed E-state index contributed by atoms with van der Waals surface area (Å²) in [6.07, 6.45) is 31.0. The van der Waals surface area contributed by atoms with Crippen molar-refractivity contribution in [3.63, 3.8) is 0 Å². The van der Waals surface area contributed by atoms with Crippen molar-refractivity contribution in [2.45, 2.75) is 181 Å². The largest absolute Gasteiger partial charge is 0.394 e. The maximum Gasteiger partial charge on any atom is 0.338 e. The Kier molecular flexibility index (Phi) is 26.8. The second kappa shape index (κ2) is 26.7. The fourth-order valence-corrected chi connectivity index (χ4v) is 8.64. The van der Waals surface area contributed by atoms with E-state index in [0.29, 0.717) is 0 Å². The highest BCUT2D eigenvalue weighted by molar-refractivity contribution is 6.67. The zero-order chi connectivity index (χ0) is 24.3. The van der Waals surface area contributed by atoms with Crippen LogP contribution in [-0.2, 0) is 8.85 Å². The summed E-state index contributed by atoms with van der Waals surface area (Å²) in [4.78, 5) is 0. The van der Waals surface area contributed by atoms with E-state index in [-0.39, 0.29) is 0 Å². The molecule has 0 aliphatic carbocycles. The summed E-state index contributed by atoms with van der Waals surface area (Å²) in [6.45, 7) is 10.5. The topological polar surface area (TPSA) is 18.5 Å². The first-order valence-electron chi connectivity index (χ1n) is 15.5. The molecule has 0 aromatic heterocycles. The summed E-state index contributed by atoms with van der Waals surface area (Å²) in [5.41, 5.74) is 0. The number of hydrogen-bond acceptors (Lipinski definition) is 2. The lowest BCUT2D eigenvalue weighted by molar-refractivity contribution is 0.180. The Morgan fingerprint density at radius 1 is 0.333 bits per heavy atom. The molecule has 0 aliphatic rings. The predicted octanol–water partition coefficient (Wildman–Crippen LogP) is 11.1. The minimum Gasteiger partial charge on any atom is -0.394 e. The first kappa shape index (κ1) is 33.1. The van der Waals surface area contributed by atoms with Crippen LogP contribution in [0, 0.1) is 0 Å². The highest BCUT2D eigenvalue weighted by Gasteiger charge is 2.35. The maximum atomic E-state index is 6.36. The first-order chi connectivity index (χ1) is 16.2. The Morgan fingerprint density at radius 3 is 0.818 bits per heavy atom. The van der Waals surface area contributed by atoms with Crippen LogP contribution < -0.4 is 0 Å². The van der Waals surface area contributed by atoms with E-state index in [2.05, 4.69) is 27.7 Å². The number of hydrogen-bond donors (Lipinski definition) is 0. The van der Waals surface area contributed by atoms with Gasteiger partial charge in [-0.2, -0.15) is 0 Å². The van der Waals surface area contributed by atoms with E-state index >= 15 is 0 Å². The van der Waals surface area contributed by atoms with Crippen LogP contribution in [0.15, 0.2) is 0 Å². The van der Waals surface area contributed by atoms with Gasteiger partial charge in [-0.25, -0.2) is 0 Å². The lowest BCUT2D eigenvalue weighted by atomic mass is 10.0. The molecule has 200 valence electrons. The van der Waals surface area contributed by atoms with Crippen molar-refractivity contribution in [2.75, 3.05) is 13.2 Å². The van der Waals surface area contributed by atoms with Crippen LogP contribution >= 0.6 is 0 Å². The van der Waals surface area contributed by atoms with Gasteiger partial charge in [0.15, 0.2) is 0 Å². The van der Waals surface area contributed by atoms with E-state index in [1.54, 1.807) is 0 Å². The molecule has 0 aromatic rings. The molecule has 0 amide bonds. The smallest absolute Gasteiger partial charge is 0.338 e. The summed E-state index contributed by atoms with van der Waals surface area (Å²) in [6, 6.07) is 2.42. The van der Waals surface area contributed by atoms with Gasteiger partial charge in [0.05, 0.1) is 0 Å². The molecule has 0 bridgehead atoms. The fraction of sp³-hybridized carbons (Fsp3) is 1.00. The minimum absolute atomic E-state index is 0.821. The Bertz CT molecular complexity index is 355. The molecule has 0 saturated carbocycles. The van der Waals surface area contributed by atoms with Crippen molar-refractivity contribution in [3.05, 3.63) is 0 Å². The average Bonchev–Trinajstić information content (AvgIpc) is 2.81. The maximum absolute atomic E-state index is 6.36. The average molecular weight is 485 g/mol. The molecule has 2 nitrogen and oxygen atoms in total. The molecule has 33 heavy (non-hydrogen) atoms. The Hall–Kier alpha value is 0.137. The Morgan fingerprint density at radius 2 is 0.576 bits per heavy atom. The minimum atomic E-state index is -1.98. The van der Waals surface area contributed by atoms with Crippen molar-refractivity contribution >= 4 is 8.56 Å². The monoisotopic (exact) mass is 484 g/mol. The summed E-state index contributed by atoms with van der Waals surface area (Å²) >= 11 is 0. The molecule has 0 spiro atoms. The quantitative estimate of drug-likeness (QED) is 0.0811. The highest BCUT2D eigenvalue weighted by atomic mass is 28.4. The molecule has 0 atom stereocenters. The Balaban J connectivity index is 3.82. The third-order valence-corrected chi connectivity index (χ3v) is 11.0. The van der Waals surface area contributed by atoms with Gasteiger partial charge in [-0.15, -0.1) is 0 Å². The summed E-state index contributed by atoms with van der Waals surface area (Å²) in [5, 5.41) is 0. The van der Waals surface area contributed by atoms with Crippen molar-refractivity contribution in [1.82, 2.24) is 0 Å². The van der Waals surface area contributed by atoms with Crippen LogP contribution in [-0.4, -0.2) is 21.8 Å².